The molecule has 2 unspecified atom stereocenters. The van der Waals surface area contributed by atoms with E-state index in [0.717, 1.165) is 6.42 Å². The summed E-state index contributed by atoms with van der Waals surface area (Å²) in [5, 5.41) is 14.5. The second-order valence-electron chi connectivity index (χ2n) is 3.83. The summed E-state index contributed by atoms with van der Waals surface area (Å²) in [5.41, 5.74) is 6.73. The van der Waals surface area contributed by atoms with Crippen LogP contribution in [0.5, 0.6) is 0 Å². The molecule has 0 spiro atoms. The predicted molar refractivity (Wildman–Crippen MR) is 59.0 cm³/mol. The number of amidine groups is 1. The average molecular weight is 205 g/mol. The summed E-state index contributed by atoms with van der Waals surface area (Å²) in [4.78, 5) is 0. The Morgan fingerprint density at radius 3 is 2.87 bits per heavy atom. The Morgan fingerprint density at radius 2 is 2.20 bits per heavy atom. The minimum Gasteiger partial charge on any atom is -0.409 e. The highest BCUT2D eigenvalue weighted by molar-refractivity contribution is 5.81. The number of nitrogens with one attached hydrogen (secondary N) is 1. The summed E-state index contributed by atoms with van der Waals surface area (Å²) < 4.78 is 0. The van der Waals surface area contributed by atoms with Gasteiger partial charge in [-0.25, -0.2) is 0 Å². The third-order valence-corrected chi connectivity index (χ3v) is 2.69. The van der Waals surface area contributed by atoms with Crippen LogP contribution in [-0.4, -0.2) is 23.6 Å². The Labute approximate surface area is 88.8 Å². The van der Waals surface area contributed by atoms with Crippen molar-refractivity contribution in [1.29, 1.82) is 0 Å². The first kappa shape index (κ1) is 9.98. The van der Waals surface area contributed by atoms with Gasteiger partial charge in [0.05, 0.1) is 6.54 Å². The van der Waals surface area contributed by atoms with E-state index in [4.69, 9.17) is 10.9 Å². The van der Waals surface area contributed by atoms with E-state index < -0.39 is 0 Å². The molecule has 4 N–H and O–H groups in total. The zero-order valence-corrected chi connectivity index (χ0v) is 8.43. The van der Waals surface area contributed by atoms with Crippen LogP contribution in [-0.2, 0) is 0 Å². The Kier molecular flexibility index (Phi) is 2.87. The molecule has 2 rings (SSSR count). The maximum atomic E-state index is 8.37. The van der Waals surface area contributed by atoms with Gasteiger partial charge in [-0.15, -0.1) is 0 Å². The maximum absolute atomic E-state index is 8.37. The lowest BCUT2D eigenvalue weighted by Crippen LogP contribution is -2.30. The van der Waals surface area contributed by atoms with Gasteiger partial charge in [-0.3, -0.25) is 0 Å². The lowest BCUT2D eigenvalue weighted by Gasteiger charge is -2.02. The fourth-order valence-corrected chi connectivity index (χ4v) is 1.76. The average Bonchev–Trinajstić information content (AvgIpc) is 3.06. The predicted octanol–water partition coefficient (Wildman–Crippen LogP) is 0.878. The third kappa shape index (κ3) is 2.47. The summed E-state index contributed by atoms with van der Waals surface area (Å²) in [6.07, 6.45) is 1.13. The molecule has 1 aliphatic carbocycles. The number of rotatable bonds is 4. The van der Waals surface area contributed by atoms with Gasteiger partial charge in [0.25, 0.3) is 0 Å². The molecule has 1 aliphatic rings. The smallest absolute Gasteiger partial charge is 0.153 e. The first-order valence-corrected chi connectivity index (χ1v) is 5.06. The summed E-state index contributed by atoms with van der Waals surface area (Å²) in [6.45, 7) is 0.449. The zero-order chi connectivity index (χ0) is 10.7. The quantitative estimate of drug-likeness (QED) is 0.296. The molecule has 0 heterocycles. The second-order valence-corrected chi connectivity index (χ2v) is 3.83. The minimum atomic E-state index is 0.230. The van der Waals surface area contributed by atoms with Gasteiger partial charge in [0.2, 0.25) is 0 Å². The van der Waals surface area contributed by atoms with E-state index in [9.17, 15) is 0 Å². The van der Waals surface area contributed by atoms with Crippen molar-refractivity contribution in [3.8, 4) is 0 Å². The van der Waals surface area contributed by atoms with Crippen molar-refractivity contribution in [2.45, 2.75) is 18.4 Å². The van der Waals surface area contributed by atoms with Crippen LogP contribution in [0.25, 0.3) is 0 Å². The van der Waals surface area contributed by atoms with Crippen LogP contribution in [0, 0.1) is 0 Å². The monoisotopic (exact) mass is 205 g/mol. The summed E-state index contributed by atoms with van der Waals surface area (Å²) in [7, 11) is 0. The number of hydrogen-bond donors (Lipinski definition) is 3. The van der Waals surface area contributed by atoms with Crippen molar-refractivity contribution in [1.82, 2.24) is 5.32 Å². The lowest BCUT2D eigenvalue weighted by atomic mass is 10.1. The van der Waals surface area contributed by atoms with Gasteiger partial charge >= 0.3 is 0 Å². The molecule has 80 valence electrons. The molecule has 4 nitrogen and oxygen atoms in total. The molecule has 1 aromatic carbocycles. The third-order valence-electron chi connectivity index (χ3n) is 2.69. The normalized spacial score (nSPS) is 25.2. The zero-order valence-electron chi connectivity index (χ0n) is 8.43. The first-order valence-electron chi connectivity index (χ1n) is 5.06. The fourth-order valence-electron chi connectivity index (χ4n) is 1.76. The van der Waals surface area contributed by atoms with Crippen LogP contribution >= 0.6 is 0 Å². The molecule has 0 aliphatic heterocycles. The fraction of sp³-hybridized carbons (Fsp3) is 0.364. The summed E-state index contributed by atoms with van der Waals surface area (Å²) >= 11 is 0. The van der Waals surface area contributed by atoms with E-state index in [2.05, 4.69) is 22.6 Å². The molecule has 1 fully saturated rings. The Bertz CT molecular complexity index is 350. The molecule has 0 bridgehead atoms. The standard InChI is InChI=1S/C11H15N3O/c12-11(14-15)7-13-10-6-9(10)8-4-2-1-3-5-8/h1-5,9-10,13,15H,6-7H2,(H2,12,14). The van der Waals surface area contributed by atoms with Gasteiger partial charge in [0, 0.05) is 12.0 Å². The van der Waals surface area contributed by atoms with E-state index in [1.54, 1.807) is 0 Å². The number of nitrogens with zero attached hydrogens (tertiary/aromatic N) is 1. The van der Waals surface area contributed by atoms with Gasteiger partial charge in [0.15, 0.2) is 5.84 Å². The first-order chi connectivity index (χ1) is 7.31. The van der Waals surface area contributed by atoms with Crippen molar-refractivity contribution in [3.05, 3.63) is 35.9 Å². The highest BCUT2D eigenvalue weighted by Gasteiger charge is 2.37. The van der Waals surface area contributed by atoms with Gasteiger partial charge in [-0.2, -0.15) is 0 Å². The Balaban J connectivity index is 1.82. The van der Waals surface area contributed by atoms with E-state index in [1.807, 2.05) is 18.2 Å². The van der Waals surface area contributed by atoms with Crippen molar-refractivity contribution in [2.24, 2.45) is 10.9 Å². The van der Waals surface area contributed by atoms with Gasteiger partial charge in [0.1, 0.15) is 0 Å². The molecule has 0 radical (unpaired) electrons. The van der Waals surface area contributed by atoms with Gasteiger partial charge in [-0.1, -0.05) is 35.5 Å². The molecule has 1 saturated carbocycles. The highest BCUT2D eigenvalue weighted by atomic mass is 16.4. The van der Waals surface area contributed by atoms with Crippen molar-refractivity contribution in [2.75, 3.05) is 6.54 Å². The lowest BCUT2D eigenvalue weighted by molar-refractivity contribution is 0.317. The van der Waals surface area contributed by atoms with Crippen LogP contribution < -0.4 is 11.1 Å². The van der Waals surface area contributed by atoms with E-state index in [1.165, 1.54) is 5.56 Å². The van der Waals surface area contributed by atoms with Crippen LogP contribution in [0.2, 0.25) is 0 Å². The molecule has 0 amide bonds. The highest BCUT2D eigenvalue weighted by Crippen LogP contribution is 2.40. The molecular formula is C11H15N3O. The Hall–Kier alpha value is -1.55. The molecule has 1 aromatic rings. The molecule has 4 heteroatoms. The molecule has 0 aromatic heterocycles. The van der Waals surface area contributed by atoms with Crippen molar-refractivity contribution in [3.63, 3.8) is 0 Å². The number of hydrogen-bond acceptors (Lipinski definition) is 3. The van der Waals surface area contributed by atoms with Crippen molar-refractivity contribution < 1.29 is 5.21 Å². The number of oxime groups is 1. The summed E-state index contributed by atoms with van der Waals surface area (Å²) in [5.74, 6) is 0.811. The SMILES string of the molecule is NC(CNC1CC1c1ccccc1)=NO. The van der Waals surface area contributed by atoms with E-state index in [0.29, 0.717) is 18.5 Å². The van der Waals surface area contributed by atoms with Crippen LogP contribution in [0.4, 0.5) is 0 Å². The van der Waals surface area contributed by atoms with Gasteiger partial charge < -0.3 is 16.3 Å². The van der Waals surface area contributed by atoms with Crippen molar-refractivity contribution >= 4 is 5.84 Å². The molecular weight excluding hydrogens is 190 g/mol. The molecule has 15 heavy (non-hydrogen) atoms. The Morgan fingerprint density at radius 1 is 1.47 bits per heavy atom. The van der Waals surface area contributed by atoms with Crippen LogP contribution in [0.1, 0.15) is 17.9 Å². The van der Waals surface area contributed by atoms with E-state index in [-0.39, 0.29) is 5.84 Å². The van der Waals surface area contributed by atoms with Crippen LogP contribution in [0.3, 0.4) is 0 Å². The second kappa shape index (κ2) is 4.31. The number of benzene rings is 1. The van der Waals surface area contributed by atoms with E-state index >= 15 is 0 Å². The largest absolute Gasteiger partial charge is 0.409 e. The van der Waals surface area contributed by atoms with Gasteiger partial charge in [-0.05, 0) is 12.0 Å². The number of nitrogens with two attached hydrogens (primary N) is 1. The molecule has 0 saturated heterocycles. The maximum Gasteiger partial charge on any atom is 0.153 e. The molecule has 2 atom stereocenters. The topological polar surface area (TPSA) is 70.6 Å². The summed E-state index contributed by atoms with van der Waals surface area (Å²) in [6, 6.07) is 10.9. The van der Waals surface area contributed by atoms with Crippen LogP contribution in [0.15, 0.2) is 35.5 Å². The minimum absolute atomic E-state index is 0.230.